The van der Waals surface area contributed by atoms with Crippen molar-refractivity contribution in [2.75, 3.05) is 26.2 Å². The maximum Gasteiger partial charge on any atom is 0.177 e. The molecule has 0 aromatic rings. The molecule has 0 spiro atoms. The lowest BCUT2D eigenvalue weighted by atomic mass is 9.94. The van der Waals surface area contributed by atoms with Crippen LogP contribution in [0.3, 0.4) is 0 Å². The molecule has 3 nitrogen and oxygen atoms in total. The Hall–Kier alpha value is -1.01. The van der Waals surface area contributed by atoms with Crippen LogP contribution in [0.5, 0.6) is 0 Å². The fourth-order valence-corrected chi connectivity index (χ4v) is 2.19. The summed E-state index contributed by atoms with van der Waals surface area (Å²) >= 11 is 0. The summed E-state index contributed by atoms with van der Waals surface area (Å²) in [5, 5.41) is 3.87. The molecule has 3 atom stereocenters. The molecule has 2 fully saturated rings. The van der Waals surface area contributed by atoms with Gasteiger partial charge in [0.05, 0.1) is 0 Å². The molecule has 0 aromatic heterocycles. The molecule has 0 radical (unpaired) electrons. The van der Waals surface area contributed by atoms with Gasteiger partial charge in [-0.05, 0) is 18.9 Å². The van der Waals surface area contributed by atoms with Crippen molar-refractivity contribution in [2.45, 2.75) is 6.42 Å². The van der Waals surface area contributed by atoms with E-state index < -0.39 is 0 Å². The van der Waals surface area contributed by atoms with Crippen molar-refractivity contribution in [2.24, 2.45) is 17.0 Å². The highest BCUT2D eigenvalue weighted by Gasteiger charge is 2.36. The molecule has 2 aliphatic rings. The summed E-state index contributed by atoms with van der Waals surface area (Å²) in [7, 11) is 0. The van der Waals surface area contributed by atoms with Crippen LogP contribution in [-0.4, -0.2) is 37.4 Å². The molecule has 3 unspecified atom stereocenters. The smallest absolute Gasteiger partial charge is 0.177 e. The van der Waals surface area contributed by atoms with Gasteiger partial charge in [-0.2, -0.15) is 0 Å². The van der Waals surface area contributed by atoms with Gasteiger partial charge < -0.3 is 9.74 Å². The topological polar surface area (TPSA) is 24.8 Å². The van der Waals surface area contributed by atoms with Crippen molar-refractivity contribution in [1.29, 1.82) is 0 Å². The first-order valence-electron chi connectivity index (χ1n) is 4.71. The Morgan fingerprint density at radius 2 is 2.54 bits per heavy atom. The van der Waals surface area contributed by atoms with Crippen LogP contribution in [0.25, 0.3) is 0 Å². The molecule has 3 heteroatoms. The standard InChI is InChI=1S/C10H14N2O/c1-2-5-13-11-6-10-8-12-4-3-9(10)7-12/h1,6,9-10H,3-5,7-8H2/b11-6+. The van der Waals surface area contributed by atoms with Crippen LogP contribution in [0.1, 0.15) is 6.42 Å². The van der Waals surface area contributed by atoms with Gasteiger partial charge in [-0.25, -0.2) is 0 Å². The number of terminal acetylenes is 1. The van der Waals surface area contributed by atoms with Crippen molar-refractivity contribution in [3.63, 3.8) is 0 Å². The average Bonchev–Trinajstić information content (AvgIpc) is 2.73. The molecule has 2 saturated heterocycles. The third-order valence-corrected chi connectivity index (χ3v) is 2.86. The first kappa shape index (κ1) is 8.58. The molecule has 0 aliphatic carbocycles. The summed E-state index contributed by atoms with van der Waals surface area (Å²) in [5.74, 6) is 3.77. The second-order valence-corrected chi connectivity index (χ2v) is 3.70. The maximum atomic E-state index is 5.03. The van der Waals surface area contributed by atoms with Gasteiger partial charge in [0.2, 0.25) is 0 Å². The van der Waals surface area contributed by atoms with Crippen LogP contribution in [0.2, 0.25) is 0 Å². The molecule has 2 aliphatic heterocycles. The minimum Gasteiger partial charge on any atom is -0.383 e. The molecule has 0 aromatic carbocycles. The van der Waals surface area contributed by atoms with Gasteiger partial charge in [-0.3, -0.25) is 0 Å². The Kier molecular flexibility index (Phi) is 2.51. The normalized spacial score (nSPS) is 36.7. The molecule has 0 N–H and O–H groups in total. The highest BCUT2D eigenvalue weighted by atomic mass is 16.6. The number of hydrogen-bond donors (Lipinski definition) is 0. The Labute approximate surface area is 78.7 Å². The highest BCUT2D eigenvalue weighted by molar-refractivity contribution is 5.61. The largest absolute Gasteiger partial charge is 0.383 e. The minimum atomic E-state index is 0.275. The van der Waals surface area contributed by atoms with E-state index in [1.807, 2.05) is 6.21 Å². The van der Waals surface area contributed by atoms with Crippen LogP contribution < -0.4 is 0 Å². The Morgan fingerprint density at radius 1 is 1.62 bits per heavy atom. The summed E-state index contributed by atoms with van der Waals surface area (Å²) in [5.41, 5.74) is 0. The lowest BCUT2D eigenvalue weighted by molar-refractivity contribution is 0.178. The van der Waals surface area contributed by atoms with E-state index in [4.69, 9.17) is 11.3 Å². The van der Waals surface area contributed by atoms with Crippen molar-refractivity contribution in [3.8, 4) is 12.3 Å². The molecule has 2 rings (SSSR count). The quantitative estimate of drug-likeness (QED) is 0.273. The monoisotopic (exact) mass is 178 g/mol. The first-order valence-corrected chi connectivity index (χ1v) is 4.71. The van der Waals surface area contributed by atoms with Gasteiger partial charge in [0, 0.05) is 25.2 Å². The summed E-state index contributed by atoms with van der Waals surface area (Å²) in [6.45, 7) is 3.93. The number of nitrogens with zero attached hydrogens (tertiary/aromatic N) is 2. The van der Waals surface area contributed by atoms with Crippen molar-refractivity contribution < 1.29 is 4.84 Å². The highest BCUT2D eigenvalue weighted by Crippen LogP contribution is 2.31. The SMILES string of the molecule is C#CCO/N=C/C1CN2CCC1C2. The lowest BCUT2D eigenvalue weighted by Crippen LogP contribution is -2.24. The van der Waals surface area contributed by atoms with Crippen molar-refractivity contribution >= 4 is 6.21 Å². The molecule has 70 valence electrons. The number of fused-ring (bicyclic) bond motifs is 2. The van der Waals surface area contributed by atoms with Crippen LogP contribution in [0.15, 0.2) is 5.16 Å². The summed E-state index contributed by atoms with van der Waals surface area (Å²) in [6, 6.07) is 0. The zero-order chi connectivity index (χ0) is 9.10. The predicted octanol–water partition coefficient (Wildman–Crippen LogP) is 0.574. The van der Waals surface area contributed by atoms with Gasteiger partial charge in [-0.1, -0.05) is 11.1 Å². The van der Waals surface area contributed by atoms with Crippen LogP contribution in [0, 0.1) is 24.2 Å². The lowest BCUT2D eigenvalue weighted by Gasteiger charge is -2.17. The summed E-state index contributed by atoms with van der Waals surface area (Å²) in [4.78, 5) is 7.34. The molecule has 2 bridgehead atoms. The molecular formula is C10H14N2O. The van der Waals surface area contributed by atoms with E-state index in [9.17, 15) is 0 Å². The maximum absolute atomic E-state index is 5.03. The Balaban J connectivity index is 1.77. The van der Waals surface area contributed by atoms with Crippen LogP contribution in [0.4, 0.5) is 0 Å². The van der Waals surface area contributed by atoms with Gasteiger partial charge >= 0.3 is 0 Å². The molecule has 0 saturated carbocycles. The van der Waals surface area contributed by atoms with Gasteiger partial charge in [0.15, 0.2) is 6.61 Å². The van der Waals surface area contributed by atoms with Crippen molar-refractivity contribution in [1.82, 2.24) is 4.90 Å². The van der Waals surface area contributed by atoms with Crippen LogP contribution >= 0.6 is 0 Å². The van der Waals surface area contributed by atoms with E-state index in [1.165, 1.54) is 19.5 Å². The van der Waals surface area contributed by atoms with Gasteiger partial charge in [-0.15, -0.1) is 6.42 Å². The number of piperidine rings is 1. The second kappa shape index (κ2) is 3.80. The molecule has 2 heterocycles. The predicted molar refractivity (Wildman–Crippen MR) is 51.3 cm³/mol. The van der Waals surface area contributed by atoms with E-state index in [0.29, 0.717) is 5.92 Å². The fourth-order valence-electron chi connectivity index (χ4n) is 2.19. The molecular weight excluding hydrogens is 164 g/mol. The van der Waals surface area contributed by atoms with Crippen LogP contribution in [-0.2, 0) is 4.84 Å². The number of oxime groups is 1. The van der Waals surface area contributed by atoms with E-state index in [2.05, 4.69) is 16.0 Å². The van der Waals surface area contributed by atoms with E-state index in [0.717, 1.165) is 12.5 Å². The number of hydrogen-bond acceptors (Lipinski definition) is 3. The Morgan fingerprint density at radius 3 is 3.15 bits per heavy atom. The Bertz CT molecular complexity index is 244. The molecule has 0 amide bonds. The second-order valence-electron chi connectivity index (χ2n) is 3.70. The zero-order valence-corrected chi connectivity index (χ0v) is 7.65. The average molecular weight is 178 g/mol. The number of rotatable bonds is 3. The van der Waals surface area contributed by atoms with Gasteiger partial charge in [0.25, 0.3) is 0 Å². The summed E-state index contributed by atoms with van der Waals surface area (Å²) in [6.07, 6.45) is 8.26. The van der Waals surface area contributed by atoms with Crippen molar-refractivity contribution in [3.05, 3.63) is 0 Å². The van der Waals surface area contributed by atoms with E-state index in [1.54, 1.807) is 0 Å². The van der Waals surface area contributed by atoms with Gasteiger partial charge in [0.1, 0.15) is 0 Å². The van der Waals surface area contributed by atoms with E-state index >= 15 is 0 Å². The van der Waals surface area contributed by atoms with E-state index in [-0.39, 0.29) is 6.61 Å². The third kappa shape index (κ3) is 1.84. The first-order chi connectivity index (χ1) is 6.40. The zero-order valence-electron chi connectivity index (χ0n) is 7.65. The fraction of sp³-hybridized carbons (Fsp3) is 0.700. The summed E-state index contributed by atoms with van der Waals surface area (Å²) < 4.78 is 0. The third-order valence-electron chi connectivity index (χ3n) is 2.86. The minimum absolute atomic E-state index is 0.275. The molecule has 13 heavy (non-hydrogen) atoms.